The smallest absolute Gasteiger partial charge is 0.420 e. The SMILES string of the molecule is CCC(C)(C)OC(=O)N(C(=O)OC(C)(C)C)C(CN(c1ccccc1)c1ccccn1)C(=O)OC. The van der Waals surface area contributed by atoms with E-state index in [9.17, 15) is 14.4 Å². The summed E-state index contributed by atoms with van der Waals surface area (Å²) in [6.45, 7) is 10.1. The van der Waals surface area contributed by atoms with E-state index in [0.717, 1.165) is 0 Å². The van der Waals surface area contributed by atoms with Crippen molar-refractivity contribution < 1.29 is 28.6 Å². The molecule has 1 atom stereocenters. The van der Waals surface area contributed by atoms with Crippen LogP contribution in [0.5, 0.6) is 0 Å². The van der Waals surface area contributed by atoms with Gasteiger partial charge in [-0.05, 0) is 65.3 Å². The molecule has 0 N–H and O–H groups in total. The van der Waals surface area contributed by atoms with Gasteiger partial charge in [-0.1, -0.05) is 31.2 Å². The Kier molecular flexibility index (Phi) is 9.22. The van der Waals surface area contributed by atoms with Crippen LogP contribution in [0, 0.1) is 0 Å². The number of methoxy groups -OCH3 is 1. The fourth-order valence-electron chi connectivity index (χ4n) is 3.02. The fraction of sp³-hybridized carbons (Fsp3) is 0.462. The van der Waals surface area contributed by atoms with Gasteiger partial charge < -0.3 is 19.1 Å². The van der Waals surface area contributed by atoms with Gasteiger partial charge in [-0.15, -0.1) is 0 Å². The number of nitrogens with zero attached hydrogens (tertiary/aromatic N) is 3. The molecule has 2 amide bonds. The highest BCUT2D eigenvalue weighted by molar-refractivity contribution is 5.94. The first-order chi connectivity index (χ1) is 16.4. The number of pyridine rings is 1. The van der Waals surface area contributed by atoms with Crippen LogP contribution in [0.25, 0.3) is 0 Å². The zero-order chi connectivity index (χ0) is 26.2. The Balaban J connectivity index is 2.58. The number of imide groups is 1. The van der Waals surface area contributed by atoms with Gasteiger partial charge in [0.05, 0.1) is 13.7 Å². The lowest BCUT2D eigenvalue weighted by atomic mass is 10.1. The van der Waals surface area contributed by atoms with Crippen LogP contribution >= 0.6 is 0 Å². The maximum Gasteiger partial charge on any atom is 0.420 e. The van der Waals surface area contributed by atoms with E-state index in [2.05, 4.69) is 4.98 Å². The minimum atomic E-state index is -1.39. The summed E-state index contributed by atoms with van der Waals surface area (Å²) >= 11 is 0. The van der Waals surface area contributed by atoms with Crippen LogP contribution in [0.2, 0.25) is 0 Å². The number of ether oxygens (including phenoxy) is 3. The molecule has 0 saturated heterocycles. The van der Waals surface area contributed by atoms with E-state index in [-0.39, 0.29) is 6.54 Å². The highest BCUT2D eigenvalue weighted by Crippen LogP contribution is 2.26. The number of amides is 2. The molecule has 1 aromatic carbocycles. The molecule has 1 aromatic heterocycles. The molecule has 2 rings (SSSR count). The lowest BCUT2D eigenvalue weighted by Gasteiger charge is -2.35. The number of rotatable bonds is 8. The molecule has 9 heteroatoms. The first kappa shape index (κ1) is 27.6. The van der Waals surface area contributed by atoms with E-state index in [0.29, 0.717) is 22.8 Å². The quantitative estimate of drug-likeness (QED) is 0.366. The number of esters is 1. The van der Waals surface area contributed by atoms with E-state index in [4.69, 9.17) is 14.2 Å². The van der Waals surface area contributed by atoms with Gasteiger partial charge in [0.15, 0.2) is 6.04 Å². The molecule has 1 heterocycles. The van der Waals surface area contributed by atoms with Gasteiger partial charge >= 0.3 is 18.2 Å². The van der Waals surface area contributed by atoms with Crippen molar-refractivity contribution in [1.82, 2.24) is 9.88 Å². The van der Waals surface area contributed by atoms with E-state index < -0.39 is 35.4 Å². The molecular formula is C26H35N3O6. The number of para-hydroxylation sites is 1. The summed E-state index contributed by atoms with van der Waals surface area (Å²) in [5.74, 6) is -0.294. The number of aromatic nitrogens is 1. The summed E-state index contributed by atoms with van der Waals surface area (Å²) in [5, 5.41) is 0. The Morgan fingerprint density at radius 2 is 1.51 bits per heavy atom. The lowest BCUT2D eigenvalue weighted by Crippen LogP contribution is -2.56. The Bertz CT molecular complexity index is 950. The van der Waals surface area contributed by atoms with E-state index >= 15 is 0 Å². The van der Waals surface area contributed by atoms with Crippen LogP contribution in [0.4, 0.5) is 21.1 Å². The van der Waals surface area contributed by atoms with Gasteiger partial charge in [0.25, 0.3) is 0 Å². The van der Waals surface area contributed by atoms with Crippen molar-refractivity contribution >= 4 is 29.7 Å². The average Bonchev–Trinajstić information content (AvgIpc) is 2.80. The Labute approximate surface area is 207 Å². The number of benzene rings is 1. The van der Waals surface area contributed by atoms with Crippen LogP contribution in [0.3, 0.4) is 0 Å². The monoisotopic (exact) mass is 485 g/mol. The number of hydrogen-bond acceptors (Lipinski definition) is 8. The van der Waals surface area contributed by atoms with Crippen molar-refractivity contribution in [2.24, 2.45) is 0 Å². The first-order valence-corrected chi connectivity index (χ1v) is 11.4. The second-order valence-corrected chi connectivity index (χ2v) is 9.50. The van der Waals surface area contributed by atoms with Crippen LogP contribution in [0.15, 0.2) is 54.7 Å². The van der Waals surface area contributed by atoms with E-state index in [1.165, 1.54) is 7.11 Å². The third kappa shape index (κ3) is 7.98. The molecule has 0 spiro atoms. The molecule has 0 bridgehead atoms. The normalized spacial score (nSPS) is 12.3. The van der Waals surface area contributed by atoms with Crippen LogP contribution in [-0.2, 0) is 19.0 Å². The van der Waals surface area contributed by atoms with E-state index in [1.54, 1.807) is 63.9 Å². The van der Waals surface area contributed by atoms with Crippen molar-refractivity contribution in [3.05, 3.63) is 54.7 Å². The van der Waals surface area contributed by atoms with Crippen LogP contribution in [-0.4, -0.2) is 58.9 Å². The maximum absolute atomic E-state index is 13.3. The summed E-state index contributed by atoms with van der Waals surface area (Å²) in [5.41, 5.74) is -1.10. The first-order valence-electron chi connectivity index (χ1n) is 11.4. The van der Waals surface area contributed by atoms with Gasteiger partial charge in [0, 0.05) is 11.9 Å². The minimum Gasteiger partial charge on any atom is -0.467 e. The van der Waals surface area contributed by atoms with Gasteiger partial charge in [0.1, 0.15) is 17.0 Å². The maximum atomic E-state index is 13.3. The molecular weight excluding hydrogens is 450 g/mol. The third-order valence-electron chi connectivity index (χ3n) is 5.14. The highest BCUT2D eigenvalue weighted by Gasteiger charge is 2.42. The average molecular weight is 486 g/mol. The van der Waals surface area contributed by atoms with Crippen molar-refractivity contribution in [3.8, 4) is 0 Å². The lowest BCUT2D eigenvalue weighted by molar-refractivity contribution is -0.146. The molecule has 2 aromatic rings. The van der Waals surface area contributed by atoms with Crippen LogP contribution in [0.1, 0.15) is 48.0 Å². The topological polar surface area (TPSA) is 98.3 Å². The number of carbonyl (C=O) groups excluding carboxylic acids is 3. The summed E-state index contributed by atoms with van der Waals surface area (Å²) < 4.78 is 16.1. The molecule has 0 fully saturated rings. The van der Waals surface area contributed by atoms with Crippen molar-refractivity contribution in [2.45, 2.75) is 65.2 Å². The molecule has 35 heavy (non-hydrogen) atoms. The summed E-state index contributed by atoms with van der Waals surface area (Å²) in [6.07, 6.45) is 0.0880. The molecule has 1 unspecified atom stereocenters. The predicted molar refractivity (Wildman–Crippen MR) is 132 cm³/mol. The largest absolute Gasteiger partial charge is 0.467 e. The molecule has 0 aliphatic carbocycles. The second-order valence-electron chi connectivity index (χ2n) is 9.50. The molecule has 0 aliphatic rings. The summed E-state index contributed by atoms with van der Waals surface area (Å²) in [4.78, 5) is 46.4. The van der Waals surface area contributed by atoms with Crippen molar-refractivity contribution in [1.29, 1.82) is 0 Å². The number of anilines is 2. The fourth-order valence-corrected chi connectivity index (χ4v) is 3.02. The molecule has 0 saturated carbocycles. The van der Waals surface area contributed by atoms with Crippen LogP contribution < -0.4 is 4.90 Å². The predicted octanol–water partition coefficient (Wildman–Crippen LogP) is 5.32. The molecule has 0 radical (unpaired) electrons. The molecule has 0 aliphatic heterocycles. The minimum absolute atomic E-state index is 0.144. The Hall–Kier alpha value is -3.62. The Morgan fingerprint density at radius 3 is 2.03 bits per heavy atom. The van der Waals surface area contributed by atoms with E-state index in [1.807, 2.05) is 37.3 Å². The number of carbonyl (C=O) groups is 3. The molecule has 9 nitrogen and oxygen atoms in total. The van der Waals surface area contributed by atoms with Gasteiger partial charge in [-0.25, -0.2) is 19.4 Å². The highest BCUT2D eigenvalue weighted by atomic mass is 16.6. The summed E-state index contributed by atoms with van der Waals surface area (Å²) in [7, 11) is 1.19. The van der Waals surface area contributed by atoms with Crippen molar-refractivity contribution in [2.75, 3.05) is 18.6 Å². The van der Waals surface area contributed by atoms with Gasteiger partial charge in [-0.3, -0.25) is 0 Å². The van der Waals surface area contributed by atoms with Gasteiger partial charge in [0.2, 0.25) is 0 Å². The zero-order valence-corrected chi connectivity index (χ0v) is 21.5. The zero-order valence-electron chi connectivity index (χ0n) is 21.5. The third-order valence-corrected chi connectivity index (χ3v) is 5.14. The van der Waals surface area contributed by atoms with Crippen molar-refractivity contribution in [3.63, 3.8) is 0 Å². The second kappa shape index (κ2) is 11.7. The standard InChI is InChI=1S/C26H35N3O6/c1-8-26(5,6)35-24(32)29(23(31)34-25(2,3)4)20(22(30)33-7)18-28(19-14-10-9-11-15-19)21-16-12-13-17-27-21/h9-17,20H,8,18H2,1-7H3. The number of hydrogen-bond donors (Lipinski definition) is 0. The Morgan fingerprint density at radius 1 is 0.914 bits per heavy atom. The molecule has 190 valence electrons. The van der Waals surface area contributed by atoms with Gasteiger partial charge in [-0.2, -0.15) is 4.90 Å². The summed E-state index contributed by atoms with van der Waals surface area (Å²) in [6, 6.07) is 13.1.